The molecular formula is C68H132O17P2. The van der Waals surface area contributed by atoms with Gasteiger partial charge < -0.3 is 33.8 Å². The van der Waals surface area contributed by atoms with Gasteiger partial charge in [-0.1, -0.05) is 280 Å². The van der Waals surface area contributed by atoms with Crippen LogP contribution in [0.25, 0.3) is 0 Å². The van der Waals surface area contributed by atoms with Crippen LogP contribution >= 0.6 is 15.6 Å². The Bertz CT molecular complexity index is 1730. The maximum Gasteiger partial charge on any atom is 0.472 e. The zero-order valence-corrected chi connectivity index (χ0v) is 58.4. The standard InChI is InChI=1S/C68H132O17P2/c1-9-61(8)47-39-31-22-16-13-14-17-23-32-40-48-65(70)78-54-63(84-67(72)50-42-34-24-18-12-10-11-15-20-28-36-44-58(2)3)56-82-86(74,75)80-52-62(69)53-81-87(76,77)83-57-64(85-68(73)51-43-35-27-26-30-38-46-60(6)7)55-79-66(71)49-41-33-25-19-21-29-37-45-59(4)5/h58-64,69H,9-57H2,1-8H3,(H,74,75)(H,76,77)/t61?,62?,63-,64-/m1/s1. The number of unbranched alkanes of at least 4 members (excludes halogenated alkanes) is 30. The van der Waals surface area contributed by atoms with Crippen LogP contribution in [-0.4, -0.2) is 96.7 Å². The number of phosphoric ester groups is 2. The lowest BCUT2D eigenvalue weighted by atomic mass is 9.99. The van der Waals surface area contributed by atoms with Crippen molar-refractivity contribution >= 4 is 39.5 Å². The number of carbonyl (C=O) groups excluding carboxylic acids is 4. The van der Waals surface area contributed by atoms with Crippen LogP contribution in [0.3, 0.4) is 0 Å². The van der Waals surface area contributed by atoms with E-state index in [2.05, 4.69) is 55.4 Å². The first-order valence-electron chi connectivity index (χ1n) is 35.2. The van der Waals surface area contributed by atoms with Gasteiger partial charge in [0.05, 0.1) is 26.4 Å². The van der Waals surface area contributed by atoms with Crippen LogP contribution in [0.15, 0.2) is 0 Å². The first-order chi connectivity index (χ1) is 41.6. The van der Waals surface area contributed by atoms with Gasteiger partial charge in [0.15, 0.2) is 12.2 Å². The maximum absolute atomic E-state index is 13.0. The van der Waals surface area contributed by atoms with Crippen LogP contribution in [0, 0.1) is 23.7 Å². The van der Waals surface area contributed by atoms with E-state index in [0.29, 0.717) is 37.5 Å². The van der Waals surface area contributed by atoms with E-state index in [1.54, 1.807) is 0 Å². The molecule has 4 unspecified atom stereocenters. The van der Waals surface area contributed by atoms with Gasteiger partial charge in [-0.25, -0.2) is 9.13 Å². The van der Waals surface area contributed by atoms with Crippen LogP contribution < -0.4 is 0 Å². The van der Waals surface area contributed by atoms with E-state index >= 15 is 0 Å². The molecule has 0 heterocycles. The summed E-state index contributed by atoms with van der Waals surface area (Å²) in [7, 11) is -9.90. The average Bonchev–Trinajstić information content (AvgIpc) is 3.67. The highest BCUT2D eigenvalue weighted by atomic mass is 31.2. The highest BCUT2D eigenvalue weighted by Crippen LogP contribution is 2.45. The van der Waals surface area contributed by atoms with Gasteiger partial charge in [-0.05, 0) is 49.4 Å². The van der Waals surface area contributed by atoms with Crippen molar-refractivity contribution in [3.05, 3.63) is 0 Å². The Hall–Kier alpha value is -1.94. The Morgan fingerprint density at radius 3 is 0.816 bits per heavy atom. The lowest BCUT2D eigenvalue weighted by Crippen LogP contribution is -2.30. The highest BCUT2D eigenvalue weighted by molar-refractivity contribution is 7.47. The minimum atomic E-state index is -4.95. The van der Waals surface area contributed by atoms with Gasteiger partial charge in [0, 0.05) is 25.7 Å². The summed E-state index contributed by atoms with van der Waals surface area (Å²) in [4.78, 5) is 72.4. The van der Waals surface area contributed by atoms with Gasteiger partial charge >= 0.3 is 39.5 Å². The first-order valence-corrected chi connectivity index (χ1v) is 38.2. The van der Waals surface area contributed by atoms with E-state index in [1.807, 2.05) is 0 Å². The van der Waals surface area contributed by atoms with Crippen molar-refractivity contribution in [3.8, 4) is 0 Å². The van der Waals surface area contributed by atoms with E-state index in [4.69, 9.17) is 37.0 Å². The highest BCUT2D eigenvalue weighted by Gasteiger charge is 2.30. The van der Waals surface area contributed by atoms with Crippen molar-refractivity contribution in [1.29, 1.82) is 0 Å². The second-order valence-corrected chi connectivity index (χ2v) is 29.1. The van der Waals surface area contributed by atoms with Crippen molar-refractivity contribution < 1.29 is 80.2 Å². The number of aliphatic hydroxyl groups is 1. The summed E-state index contributed by atoms with van der Waals surface area (Å²) in [5.41, 5.74) is 0. The molecule has 0 aliphatic carbocycles. The smallest absolute Gasteiger partial charge is 0.462 e. The molecular weight excluding hydrogens is 1150 g/mol. The van der Waals surface area contributed by atoms with Crippen LogP contribution in [-0.2, 0) is 65.4 Å². The molecule has 0 aliphatic rings. The SMILES string of the molecule is CCC(C)CCCCCCCCCCCCC(=O)OC[C@H](COP(=O)(O)OCC(O)COP(=O)(O)OC[C@@H](COC(=O)CCCCCCCCCC(C)C)OC(=O)CCCCCCCCC(C)C)OC(=O)CCCCCCCCCCCCCC(C)C. The minimum absolute atomic E-state index is 0.101. The van der Waals surface area contributed by atoms with Crippen molar-refractivity contribution in [2.75, 3.05) is 39.6 Å². The van der Waals surface area contributed by atoms with Crippen molar-refractivity contribution in [2.45, 2.75) is 350 Å². The molecule has 87 heavy (non-hydrogen) atoms. The van der Waals surface area contributed by atoms with Gasteiger partial charge in [-0.3, -0.25) is 37.3 Å². The molecule has 0 fully saturated rings. The number of ether oxygens (including phenoxy) is 4. The number of hydrogen-bond donors (Lipinski definition) is 3. The summed E-state index contributed by atoms with van der Waals surface area (Å²) in [6.45, 7) is 14.0. The van der Waals surface area contributed by atoms with E-state index in [9.17, 15) is 43.2 Å². The van der Waals surface area contributed by atoms with Crippen LogP contribution in [0.4, 0.5) is 0 Å². The third kappa shape index (κ3) is 61.3. The van der Waals surface area contributed by atoms with Crippen LogP contribution in [0.1, 0.15) is 331 Å². The molecule has 0 aromatic carbocycles. The van der Waals surface area contributed by atoms with Gasteiger partial charge in [0.25, 0.3) is 0 Å². The molecule has 0 saturated carbocycles. The predicted octanol–water partition coefficient (Wildman–Crippen LogP) is 18.9. The molecule has 0 bridgehead atoms. The Kier molecular flexibility index (Phi) is 56.6. The molecule has 0 aromatic heterocycles. The number of phosphoric acid groups is 2. The molecule has 0 radical (unpaired) electrons. The average molecular weight is 1280 g/mol. The lowest BCUT2D eigenvalue weighted by Gasteiger charge is -2.21. The Labute approximate surface area is 530 Å². The second-order valence-electron chi connectivity index (χ2n) is 26.2. The van der Waals surface area contributed by atoms with Crippen molar-refractivity contribution in [1.82, 2.24) is 0 Å². The van der Waals surface area contributed by atoms with Crippen molar-refractivity contribution in [2.24, 2.45) is 23.7 Å². The zero-order chi connectivity index (χ0) is 64.7. The number of esters is 4. The fourth-order valence-electron chi connectivity index (χ4n) is 10.1. The Morgan fingerprint density at radius 2 is 0.552 bits per heavy atom. The Balaban J connectivity index is 5.25. The summed E-state index contributed by atoms with van der Waals surface area (Å²) in [5.74, 6) is 0.813. The molecule has 19 heteroatoms. The largest absolute Gasteiger partial charge is 0.472 e. The summed E-state index contributed by atoms with van der Waals surface area (Å²) in [6, 6.07) is 0. The van der Waals surface area contributed by atoms with Crippen LogP contribution in [0.5, 0.6) is 0 Å². The van der Waals surface area contributed by atoms with Gasteiger partial charge in [0.1, 0.15) is 19.3 Å². The Morgan fingerprint density at radius 1 is 0.322 bits per heavy atom. The molecule has 6 atom stereocenters. The topological polar surface area (TPSA) is 237 Å². The minimum Gasteiger partial charge on any atom is -0.462 e. The van der Waals surface area contributed by atoms with E-state index in [1.165, 1.54) is 128 Å². The molecule has 0 rings (SSSR count). The fourth-order valence-corrected chi connectivity index (χ4v) is 11.7. The molecule has 0 amide bonds. The predicted molar refractivity (Wildman–Crippen MR) is 349 cm³/mol. The molecule has 0 spiro atoms. The summed E-state index contributed by atoms with van der Waals surface area (Å²) in [6.07, 6.45) is 39.1. The molecule has 17 nitrogen and oxygen atoms in total. The molecule has 0 saturated heterocycles. The van der Waals surface area contributed by atoms with Crippen molar-refractivity contribution in [3.63, 3.8) is 0 Å². The third-order valence-electron chi connectivity index (χ3n) is 15.9. The van der Waals surface area contributed by atoms with Gasteiger partial charge in [-0.15, -0.1) is 0 Å². The summed E-state index contributed by atoms with van der Waals surface area (Å²) in [5, 5.41) is 10.6. The summed E-state index contributed by atoms with van der Waals surface area (Å²) >= 11 is 0. The van der Waals surface area contributed by atoms with Gasteiger partial charge in [0.2, 0.25) is 0 Å². The molecule has 3 N–H and O–H groups in total. The fraction of sp³-hybridized carbons (Fsp3) is 0.941. The summed E-state index contributed by atoms with van der Waals surface area (Å²) < 4.78 is 68.1. The van der Waals surface area contributed by atoms with E-state index < -0.39 is 97.5 Å². The number of hydrogen-bond acceptors (Lipinski definition) is 15. The first kappa shape index (κ1) is 85.1. The lowest BCUT2D eigenvalue weighted by molar-refractivity contribution is -0.161. The number of carbonyl (C=O) groups is 4. The second kappa shape index (κ2) is 57.9. The van der Waals surface area contributed by atoms with E-state index in [-0.39, 0.29) is 25.7 Å². The molecule has 0 aromatic rings. The maximum atomic E-state index is 13.0. The third-order valence-corrected chi connectivity index (χ3v) is 17.8. The zero-order valence-electron chi connectivity index (χ0n) is 56.6. The number of rotatable bonds is 65. The molecule has 516 valence electrons. The van der Waals surface area contributed by atoms with Crippen LogP contribution in [0.2, 0.25) is 0 Å². The number of aliphatic hydroxyl groups excluding tert-OH is 1. The van der Waals surface area contributed by atoms with Gasteiger partial charge in [-0.2, -0.15) is 0 Å². The quantitative estimate of drug-likeness (QED) is 0.0222. The monoisotopic (exact) mass is 1280 g/mol. The molecule has 0 aliphatic heterocycles. The van der Waals surface area contributed by atoms with E-state index in [0.717, 1.165) is 108 Å². The normalized spacial score (nSPS) is 14.6.